The monoisotopic (exact) mass is 420 g/mol. The van der Waals surface area contributed by atoms with Gasteiger partial charge in [0.1, 0.15) is 28.8 Å². The Morgan fingerprint density at radius 1 is 1.06 bits per heavy atom. The van der Waals surface area contributed by atoms with Gasteiger partial charge in [0, 0.05) is 12.7 Å². The molecule has 2 aromatic carbocycles. The summed E-state index contributed by atoms with van der Waals surface area (Å²) >= 11 is 0. The van der Waals surface area contributed by atoms with Gasteiger partial charge in [-0.25, -0.2) is 14.8 Å². The molecule has 0 fully saturated rings. The molecular formula is C23H24N4O4. The lowest BCUT2D eigenvalue weighted by molar-refractivity contribution is 0.0123. The SMILES string of the molecule is COCC(C)OC(=O)c1c(N)n(Cc2ccccc2OC)c2nc3ccccc3nc12. The number of rotatable bonds is 7. The quantitative estimate of drug-likeness (QED) is 0.457. The summed E-state index contributed by atoms with van der Waals surface area (Å²) in [5.41, 5.74) is 9.87. The Hall–Kier alpha value is -3.65. The van der Waals surface area contributed by atoms with Gasteiger partial charge in [-0.1, -0.05) is 30.3 Å². The van der Waals surface area contributed by atoms with Crippen molar-refractivity contribution in [3.8, 4) is 5.75 Å². The van der Waals surface area contributed by atoms with E-state index in [1.165, 1.54) is 0 Å². The maximum atomic E-state index is 13.0. The van der Waals surface area contributed by atoms with Crippen LogP contribution in [0.15, 0.2) is 48.5 Å². The maximum absolute atomic E-state index is 13.0. The molecule has 2 aromatic heterocycles. The van der Waals surface area contributed by atoms with Crippen LogP contribution in [0.5, 0.6) is 5.75 Å². The molecule has 0 bridgehead atoms. The molecule has 8 heteroatoms. The second kappa shape index (κ2) is 8.61. The minimum absolute atomic E-state index is 0.200. The van der Waals surface area contributed by atoms with Crippen LogP contribution in [0.3, 0.4) is 0 Å². The van der Waals surface area contributed by atoms with Gasteiger partial charge in [0.15, 0.2) is 5.65 Å². The zero-order valence-electron chi connectivity index (χ0n) is 17.7. The molecule has 31 heavy (non-hydrogen) atoms. The van der Waals surface area contributed by atoms with Gasteiger partial charge in [0.2, 0.25) is 0 Å². The van der Waals surface area contributed by atoms with Crippen LogP contribution in [0, 0.1) is 0 Å². The Balaban J connectivity index is 1.89. The predicted octanol–water partition coefficient (Wildman–Crippen LogP) is 3.42. The number of fused-ring (bicyclic) bond motifs is 2. The van der Waals surface area contributed by atoms with E-state index >= 15 is 0 Å². The number of carbonyl (C=O) groups excluding carboxylic acids is 1. The Bertz CT molecular complexity index is 1250. The van der Waals surface area contributed by atoms with E-state index in [2.05, 4.69) is 0 Å². The van der Waals surface area contributed by atoms with Crippen LogP contribution < -0.4 is 10.5 Å². The number of nitrogens with zero attached hydrogens (tertiary/aromatic N) is 3. The van der Waals surface area contributed by atoms with Gasteiger partial charge in [-0.3, -0.25) is 0 Å². The van der Waals surface area contributed by atoms with Gasteiger partial charge in [-0.05, 0) is 25.1 Å². The minimum Gasteiger partial charge on any atom is -0.496 e. The summed E-state index contributed by atoms with van der Waals surface area (Å²) in [5, 5.41) is 0. The van der Waals surface area contributed by atoms with Crippen molar-refractivity contribution in [1.29, 1.82) is 0 Å². The molecule has 8 nitrogen and oxygen atoms in total. The summed E-state index contributed by atoms with van der Waals surface area (Å²) in [6, 6.07) is 15.1. The van der Waals surface area contributed by atoms with E-state index in [9.17, 15) is 4.79 Å². The third-order valence-electron chi connectivity index (χ3n) is 5.03. The highest BCUT2D eigenvalue weighted by atomic mass is 16.6. The van der Waals surface area contributed by atoms with Crippen molar-refractivity contribution in [3.63, 3.8) is 0 Å². The highest BCUT2D eigenvalue weighted by Gasteiger charge is 2.26. The molecule has 0 saturated carbocycles. The van der Waals surface area contributed by atoms with Crippen molar-refractivity contribution in [3.05, 3.63) is 59.7 Å². The van der Waals surface area contributed by atoms with Crippen molar-refractivity contribution >= 4 is 34.0 Å². The van der Waals surface area contributed by atoms with Crippen LogP contribution in [0.2, 0.25) is 0 Å². The van der Waals surface area contributed by atoms with Crippen LogP contribution in [0.25, 0.3) is 22.2 Å². The van der Waals surface area contributed by atoms with Gasteiger partial charge < -0.3 is 24.5 Å². The van der Waals surface area contributed by atoms with E-state index in [4.69, 9.17) is 29.9 Å². The number of nitrogens with two attached hydrogens (primary N) is 1. The Labute approximate surface area is 179 Å². The molecule has 1 atom stereocenters. The van der Waals surface area contributed by atoms with Crippen LogP contribution in [0.4, 0.5) is 5.82 Å². The summed E-state index contributed by atoms with van der Waals surface area (Å²) in [6.45, 7) is 2.40. The number of anilines is 1. The molecule has 2 N–H and O–H groups in total. The van der Waals surface area contributed by atoms with Crippen molar-refractivity contribution in [2.75, 3.05) is 26.6 Å². The summed E-state index contributed by atoms with van der Waals surface area (Å²) < 4.78 is 17.9. The highest BCUT2D eigenvalue weighted by Crippen LogP contribution is 2.31. The van der Waals surface area contributed by atoms with Crippen molar-refractivity contribution < 1.29 is 19.0 Å². The summed E-state index contributed by atoms with van der Waals surface area (Å²) in [6.07, 6.45) is -0.432. The van der Waals surface area contributed by atoms with E-state index in [-0.39, 0.29) is 18.0 Å². The first-order valence-electron chi connectivity index (χ1n) is 9.89. The molecule has 1 unspecified atom stereocenters. The fraction of sp³-hybridized carbons (Fsp3) is 0.261. The number of hydrogen-bond donors (Lipinski definition) is 1. The zero-order chi connectivity index (χ0) is 22.0. The molecule has 4 rings (SSSR count). The lowest BCUT2D eigenvalue weighted by Gasteiger charge is -2.13. The molecule has 0 radical (unpaired) electrons. The molecular weight excluding hydrogens is 396 g/mol. The number of aromatic nitrogens is 3. The molecule has 0 aliphatic carbocycles. The smallest absolute Gasteiger partial charge is 0.344 e. The number of nitrogen functional groups attached to an aromatic ring is 1. The van der Waals surface area contributed by atoms with Gasteiger partial charge in [0.05, 0.1) is 31.3 Å². The fourth-order valence-electron chi connectivity index (χ4n) is 3.59. The minimum atomic E-state index is -0.560. The largest absolute Gasteiger partial charge is 0.496 e. The van der Waals surface area contributed by atoms with Crippen LogP contribution >= 0.6 is 0 Å². The van der Waals surface area contributed by atoms with Gasteiger partial charge in [0.25, 0.3) is 0 Å². The second-order valence-corrected chi connectivity index (χ2v) is 7.21. The summed E-state index contributed by atoms with van der Waals surface area (Å²) in [5.74, 6) is 0.400. The molecule has 0 amide bonds. The number of methoxy groups -OCH3 is 2. The Morgan fingerprint density at radius 2 is 1.74 bits per heavy atom. The average Bonchev–Trinajstić information content (AvgIpc) is 3.03. The average molecular weight is 420 g/mol. The number of hydrogen-bond acceptors (Lipinski definition) is 7. The fourth-order valence-corrected chi connectivity index (χ4v) is 3.59. The summed E-state index contributed by atoms with van der Waals surface area (Å²) in [4.78, 5) is 22.5. The second-order valence-electron chi connectivity index (χ2n) is 7.21. The molecule has 0 aliphatic rings. The zero-order valence-corrected chi connectivity index (χ0v) is 17.7. The predicted molar refractivity (Wildman–Crippen MR) is 118 cm³/mol. The van der Waals surface area contributed by atoms with Gasteiger partial charge in [-0.15, -0.1) is 0 Å². The van der Waals surface area contributed by atoms with E-state index in [1.807, 2.05) is 48.5 Å². The van der Waals surface area contributed by atoms with E-state index in [0.29, 0.717) is 28.7 Å². The number of esters is 1. The normalized spacial score (nSPS) is 12.2. The van der Waals surface area contributed by atoms with E-state index in [1.54, 1.807) is 25.7 Å². The first kappa shape index (κ1) is 20.6. The highest BCUT2D eigenvalue weighted by molar-refractivity contribution is 6.08. The van der Waals surface area contributed by atoms with E-state index < -0.39 is 12.1 Å². The van der Waals surface area contributed by atoms with Crippen molar-refractivity contribution in [2.24, 2.45) is 0 Å². The third-order valence-corrected chi connectivity index (χ3v) is 5.03. The van der Waals surface area contributed by atoms with Gasteiger partial charge in [-0.2, -0.15) is 0 Å². The molecule has 4 aromatic rings. The Morgan fingerprint density at radius 3 is 2.45 bits per heavy atom. The molecule has 0 saturated heterocycles. The third kappa shape index (κ3) is 3.89. The Kier molecular flexibility index (Phi) is 5.73. The van der Waals surface area contributed by atoms with Crippen molar-refractivity contribution in [2.45, 2.75) is 19.6 Å². The maximum Gasteiger partial charge on any atom is 0.344 e. The molecule has 0 spiro atoms. The number of benzene rings is 2. The number of para-hydroxylation sites is 3. The van der Waals surface area contributed by atoms with Crippen molar-refractivity contribution in [1.82, 2.24) is 14.5 Å². The topological polar surface area (TPSA) is 101 Å². The number of ether oxygens (including phenoxy) is 3. The van der Waals surface area contributed by atoms with E-state index in [0.717, 1.165) is 11.3 Å². The molecule has 160 valence electrons. The first-order chi connectivity index (χ1) is 15.0. The first-order valence-corrected chi connectivity index (χ1v) is 9.89. The standard InChI is InChI=1S/C23H24N4O4/c1-14(13-29-2)31-23(28)19-20-22(26-17-10-6-5-9-16(17)25-20)27(21(19)24)12-15-8-4-7-11-18(15)30-3/h4-11,14H,12-13,24H2,1-3H3. The van der Waals surface area contributed by atoms with Crippen LogP contribution in [0.1, 0.15) is 22.8 Å². The van der Waals surface area contributed by atoms with Crippen LogP contribution in [-0.4, -0.2) is 47.4 Å². The van der Waals surface area contributed by atoms with Crippen LogP contribution in [-0.2, 0) is 16.0 Å². The molecule has 2 heterocycles. The lowest BCUT2D eigenvalue weighted by atomic mass is 10.2. The van der Waals surface area contributed by atoms with Gasteiger partial charge >= 0.3 is 5.97 Å². The number of carbonyl (C=O) groups is 1. The summed E-state index contributed by atoms with van der Waals surface area (Å²) in [7, 11) is 3.17. The lowest BCUT2D eigenvalue weighted by Crippen LogP contribution is -2.20. The molecule has 0 aliphatic heterocycles.